The van der Waals surface area contributed by atoms with E-state index >= 15 is 0 Å². The van der Waals surface area contributed by atoms with Gasteiger partial charge in [0.1, 0.15) is 16.5 Å². The SMILES string of the molecule is CCCC(CCC)C(=O)Nc1scc2c(C(=O)OCC)nn(-c3ccccc3F)c(=O)c12. The second kappa shape index (κ2) is 10.5. The molecule has 7 nitrogen and oxygen atoms in total. The van der Waals surface area contributed by atoms with Gasteiger partial charge in [-0.25, -0.2) is 9.18 Å². The Balaban J connectivity index is 2.18. The van der Waals surface area contributed by atoms with Crippen molar-refractivity contribution in [2.75, 3.05) is 11.9 Å². The summed E-state index contributed by atoms with van der Waals surface area (Å²) in [7, 11) is 0. The lowest BCUT2D eigenvalue weighted by molar-refractivity contribution is -0.120. The van der Waals surface area contributed by atoms with Crippen LogP contribution in [0.4, 0.5) is 9.39 Å². The molecule has 0 spiro atoms. The smallest absolute Gasteiger partial charge is 0.359 e. The quantitative estimate of drug-likeness (QED) is 0.459. The first-order valence-electron chi connectivity index (χ1n) is 10.7. The number of esters is 1. The first-order chi connectivity index (χ1) is 15.4. The fourth-order valence-electron chi connectivity index (χ4n) is 3.60. The van der Waals surface area contributed by atoms with Gasteiger partial charge >= 0.3 is 5.97 Å². The summed E-state index contributed by atoms with van der Waals surface area (Å²) in [6, 6.07) is 5.66. The summed E-state index contributed by atoms with van der Waals surface area (Å²) in [5.74, 6) is -1.75. The van der Waals surface area contributed by atoms with Crippen molar-refractivity contribution in [3.05, 3.63) is 51.5 Å². The number of aromatic nitrogens is 2. The molecule has 1 N–H and O–H groups in total. The molecule has 32 heavy (non-hydrogen) atoms. The zero-order valence-electron chi connectivity index (χ0n) is 18.3. The maximum atomic E-state index is 14.5. The molecule has 1 amide bonds. The van der Waals surface area contributed by atoms with Gasteiger partial charge < -0.3 is 10.1 Å². The van der Waals surface area contributed by atoms with Gasteiger partial charge in [-0.3, -0.25) is 9.59 Å². The Morgan fingerprint density at radius 3 is 2.50 bits per heavy atom. The molecule has 0 fully saturated rings. The Bertz CT molecular complexity index is 1180. The summed E-state index contributed by atoms with van der Waals surface area (Å²) < 4.78 is 20.4. The third-order valence-electron chi connectivity index (χ3n) is 5.08. The number of halogens is 1. The van der Waals surface area contributed by atoms with Crippen molar-refractivity contribution in [3.8, 4) is 5.69 Å². The second-order valence-corrected chi connectivity index (χ2v) is 8.23. The molecule has 9 heteroatoms. The molecular formula is C23H26FN3O4S. The van der Waals surface area contributed by atoms with Crippen LogP contribution in [0, 0.1) is 11.7 Å². The molecule has 0 bridgehead atoms. The highest BCUT2D eigenvalue weighted by molar-refractivity contribution is 7.16. The number of ether oxygens (including phenoxy) is 1. The highest BCUT2D eigenvalue weighted by atomic mass is 32.1. The number of hydrogen-bond acceptors (Lipinski definition) is 6. The Morgan fingerprint density at radius 2 is 1.88 bits per heavy atom. The monoisotopic (exact) mass is 459 g/mol. The summed E-state index contributed by atoms with van der Waals surface area (Å²) in [4.78, 5) is 38.8. The summed E-state index contributed by atoms with van der Waals surface area (Å²) in [5.41, 5.74) is -0.833. The number of carbonyl (C=O) groups is 2. The number of anilines is 1. The molecule has 2 aromatic heterocycles. The zero-order chi connectivity index (χ0) is 23.3. The Morgan fingerprint density at radius 1 is 1.19 bits per heavy atom. The lowest BCUT2D eigenvalue weighted by Crippen LogP contribution is -2.27. The molecule has 0 aliphatic carbocycles. The predicted molar refractivity (Wildman–Crippen MR) is 123 cm³/mol. The molecule has 2 heterocycles. The van der Waals surface area contributed by atoms with Gasteiger partial charge in [0.05, 0.1) is 12.0 Å². The van der Waals surface area contributed by atoms with Crippen molar-refractivity contribution >= 4 is 39.0 Å². The van der Waals surface area contributed by atoms with E-state index in [2.05, 4.69) is 10.4 Å². The number of carbonyl (C=O) groups excluding carboxylic acids is 2. The number of nitrogens with one attached hydrogen (secondary N) is 1. The lowest BCUT2D eigenvalue weighted by Gasteiger charge is -2.15. The van der Waals surface area contributed by atoms with Crippen LogP contribution in [0.1, 0.15) is 56.9 Å². The van der Waals surface area contributed by atoms with Crippen molar-refractivity contribution in [3.63, 3.8) is 0 Å². The minimum Gasteiger partial charge on any atom is -0.461 e. The third kappa shape index (κ3) is 4.72. The van der Waals surface area contributed by atoms with Gasteiger partial charge in [-0.15, -0.1) is 11.3 Å². The van der Waals surface area contributed by atoms with Crippen molar-refractivity contribution in [1.29, 1.82) is 0 Å². The van der Waals surface area contributed by atoms with Crippen LogP contribution in [0.15, 0.2) is 34.4 Å². The van der Waals surface area contributed by atoms with E-state index in [0.29, 0.717) is 5.00 Å². The van der Waals surface area contributed by atoms with Gasteiger partial charge in [0.25, 0.3) is 5.56 Å². The number of para-hydroxylation sites is 1. The molecule has 0 aliphatic heterocycles. The fourth-order valence-corrected chi connectivity index (χ4v) is 4.54. The van der Waals surface area contributed by atoms with Crippen LogP contribution in [0.2, 0.25) is 0 Å². The molecular weight excluding hydrogens is 433 g/mol. The van der Waals surface area contributed by atoms with Crippen LogP contribution in [0.25, 0.3) is 16.5 Å². The number of hydrogen-bond donors (Lipinski definition) is 1. The Labute approximate surface area is 189 Å². The number of fused-ring (bicyclic) bond motifs is 1. The molecule has 3 rings (SSSR count). The first-order valence-corrected chi connectivity index (χ1v) is 11.6. The van der Waals surface area contributed by atoms with Crippen molar-refractivity contribution < 1.29 is 18.7 Å². The number of benzene rings is 1. The van der Waals surface area contributed by atoms with Crippen LogP contribution < -0.4 is 10.9 Å². The number of rotatable bonds is 9. The largest absolute Gasteiger partial charge is 0.461 e. The van der Waals surface area contributed by atoms with Gasteiger partial charge in [-0.1, -0.05) is 38.8 Å². The van der Waals surface area contributed by atoms with E-state index in [-0.39, 0.29) is 40.6 Å². The van der Waals surface area contributed by atoms with Crippen LogP contribution in [-0.4, -0.2) is 28.3 Å². The van der Waals surface area contributed by atoms with Crippen molar-refractivity contribution in [1.82, 2.24) is 9.78 Å². The van der Waals surface area contributed by atoms with Crippen LogP contribution >= 0.6 is 11.3 Å². The lowest BCUT2D eigenvalue weighted by atomic mass is 9.97. The molecule has 0 atom stereocenters. The maximum Gasteiger partial charge on any atom is 0.359 e. The zero-order valence-corrected chi connectivity index (χ0v) is 19.1. The molecule has 3 aromatic rings. The maximum absolute atomic E-state index is 14.5. The van der Waals surface area contributed by atoms with E-state index in [1.54, 1.807) is 18.4 Å². The van der Waals surface area contributed by atoms with Gasteiger partial charge in [0, 0.05) is 16.7 Å². The highest BCUT2D eigenvalue weighted by Gasteiger charge is 2.25. The Kier molecular flexibility index (Phi) is 7.74. The molecule has 170 valence electrons. The molecule has 0 unspecified atom stereocenters. The molecule has 0 aliphatic rings. The normalized spacial score (nSPS) is 11.2. The van der Waals surface area contributed by atoms with Gasteiger partial charge in [0.15, 0.2) is 5.69 Å². The molecule has 1 aromatic carbocycles. The van der Waals surface area contributed by atoms with E-state index in [0.717, 1.165) is 41.7 Å². The van der Waals surface area contributed by atoms with Gasteiger partial charge in [-0.2, -0.15) is 9.78 Å². The number of nitrogens with zero attached hydrogens (tertiary/aromatic N) is 2. The van der Waals surface area contributed by atoms with E-state index in [1.165, 1.54) is 18.2 Å². The second-order valence-electron chi connectivity index (χ2n) is 7.35. The van der Waals surface area contributed by atoms with E-state index in [1.807, 2.05) is 13.8 Å². The van der Waals surface area contributed by atoms with Gasteiger partial charge in [-0.05, 0) is 31.9 Å². The third-order valence-corrected chi connectivity index (χ3v) is 5.98. The number of amides is 1. The van der Waals surface area contributed by atoms with Crippen LogP contribution in [0.3, 0.4) is 0 Å². The average molecular weight is 460 g/mol. The van der Waals surface area contributed by atoms with Crippen molar-refractivity contribution in [2.24, 2.45) is 5.92 Å². The standard InChI is InChI=1S/C23H26FN3O4S/c1-4-9-14(10-5-2)20(28)25-21-18-15(13-32-21)19(23(30)31-6-3)26-27(22(18)29)17-12-8-7-11-16(17)24/h7-8,11-14H,4-6,9-10H2,1-3H3,(H,25,28). The first kappa shape index (κ1) is 23.6. The van der Waals surface area contributed by atoms with Gasteiger partial charge in [0.2, 0.25) is 5.91 Å². The number of thiophene rings is 1. The predicted octanol–water partition coefficient (Wildman–Crippen LogP) is 4.92. The molecule has 0 saturated heterocycles. The summed E-state index contributed by atoms with van der Waals surface area (Å²) >= 11 is 1.13. The molecule has 0 saturated carbocycles. The van der Waals surface area contributed by atoms with Crippen LogP contribution in [-0.2, 0) is 9.53 Å². The summed E-state index contributed by atoms with van der Waals surface area (Å²) in [6.45, 7) is 5.80. The van der Waals surface area contributed by atoms with Crippen LogP contribution in [0.5, 0.6) is 0 Å². The summed E-state index contributed by atoms with van der Waals surface area (Å²) in [5, 5.41) is 9.25. The van der Waals surface area contributed by atoms with E-state index < -0.39 is 17.3 Å². The Hall–Kier alpha value is -3.07. The summed E-state index contributed by atoms with van der Waals surface area (Å²) in [6.07, 6.45) is 3.19. The van der Waals surface area contributed by atoms with E-state index in [9.17, 15) is 18.8 Å². The highest BCUT2D eigenvalue weighted by Crippen LogP contribution is 2.31. The van der Waals surface area contributed by atoms with E-state index in [4.69, 9.17) is 4.74 Å². The molecule has 0 radical (unpaired) electrons. The topological polar surface area (TPSA) is 90.3 Å². The minimum absolute atomic E-state index is 0.0942. The minimum atomic E-state index is -0.729. The van der Waals surface area contributed by atoms with Crippen molar-refractivity contribution in [2.45, 2.75) is 46.5 Å². The average Bonchev–Trinajstić information content (AvgIpc) is 3.18. The fraction of sp³-hybridized carbons (Fsp3) is 0.391.